The van der Waals surface area contributed by atoms with E-state index in [4.69, 9.17) is 5.26 Å². The minimum absolute atomic E-state index is 0.0900. The lowest BCUT2D eigenvalue weighted by molar-refractivity contribution is -0.221. The average molecular weight is 350 g/mol. The number of allylic oxidation sites excluding steroid dienone is 1. The highest BCUT2D eigenvalue weighted by Gasteiger charge is 2.41. The number of aliphatic imine (C=N–C) groups is 2. The molecule has 8 heteroatoms. The van der Waals surface area contributed by atoms with Crippen LogP contribution in [0.5, 0.6) is 0 Å². The standard InChI is InChI=1S/C17H27FN6O/c1-16(2)9-8-12(10-17(3,4)24(16)25)21-15(20-11-19)23-14-7-5-6-13(18)22-14/h7,12,25H,5-6,8-10H2,1-4H3,(H2,20,21,23). The van der Waals surface area contributed by atoms with E-state index in [9.17, 15) is 9.60 Å². The smallest absolute Gasteiger partial charge is 0.210 e. The highest BCUT2D eigenvalue weighted by molar-refractivity contribution is 5.84. The number of rotatable bonds is 2. The Morgan fingerprint density at radius 2 is 2.16 bits per heavy atom. The topological polar surface area (TPSA) is 96.0 Å². The molecule has 0 amide bonds. The first-order valence-electron chi connectivity index (χ1n) is 8.56. The molecule has 2 rings (SSSR count). The van der Waals surface area contributed by atoms with Gasteiger partial charge in [-0.25, -0.2) is 9.98 Å². The van der Waals surface area contributed by atoms with Gasteiger partial charge in [-0.15, -0.1) is 0 Å². The first-order valence-corrected chi connectivity index (χ1v) is 8.56. The fraction of sp³-hybridized carbons (Fsp3) is 0.706. The van der Waals surface area contributed by atoms with E-state index in [2.05, 4.69) is 20.6 Å². The van der Waals surface area contributed by atoms with Gasteiger partial charge in [0.2, 0.25) is 5.96 Å². The second-order valence-electron chi connectivity index (χ2n) is 7.79. The van der Waals surface area contributed by atoms with Gasteiger partial charge in [-0.05, 0) is 59.5 Å². The van der Waals surface area contributed by atoms with Gasteiger partial charge in [0.25, 0.3) is 0 Å². The Morgan fingerprint density at radius 1 is 1.44 bits per heavy atom. The van der Waals surface area contributed by atoms with Gasteiger partial charge in [0.05, 0.1) is 6.04 Å². The highest BCUT2D eigenvalue weighted by Crippen LogP contribution is 2.36. The fourth-order valence-corrected chi connectivity index (χ4v) is 3.41. The molecule has 1 fully saturated rings. The van der Waals surface area contributed by atoms with Gasteiger partial charge in [0.1, 0.15) is 5.82 Å². The maximum atomic E-state index is 13.3. The summed E-state index contributed by atoms with van der Waals surface area (Å²) in [5, 5.41) is 26.3. The summed E-state index contributed by atoms with van der Waals surface area (Å²) in [6.07, 6.45) is 6.62. The minimum atomic E-state index is -0.458. The molecule has 0 bridgehead atoms. The largest absolute Gasteiger partial charge is 0.313 e. The molecule has 0 saturated carbocycles. The Balaban J connectivity index is 2.19. The van der Waals surface area contributed by atoms with Crippen LogP contribution in [-0.2, 0) is 0 Å². The zero-order valence-corrected chi connectivity index (χ0v) is 15.3. The maximum Gasteiger partial charge on any atom is 0.210 e. The van der Waals surface area contributed by atoms with E-state index in [0.717, 1.165) is 12.8 Å². The molecule has 0 aliphatic carbocycles. The summed E-state index contributed by atoms with van der Waals surface area (Å²) >= 11 is 0. The third kappa shape index (κ3) is 5.00. The van der Waals surface area contributed by atoms with Gasteiger partial charge in [0, 0.05) is 17.5 Å². The summed E-state index contributed by atoms with van der Waals surface area (Å²) in [4.78, 5) is 8.40. The van der Waals surface area contributed by atoms with Crippen molar-refractivity contribution in [1.82, 2.24) is 15.7 Å². The maximum absolute atomic E-state index is 13.3. The second kappa shape index (κ2) is 7.50. The Morgan fingerprint density at radius 3 is 2.80 bits per heavy atom. The molecule has 1 saturated heterocycles. The first kappa shape index (κ1) is 19.3. The summed E-state index contributed by atoms with van der Waals surface area (Å²) in [7, 11) is 0. The van der Waals surface area contributed by atoms with Gasteiger partial charge in [-0.3, -0.25) is 5.32 Å². The lowest BCUT2D eigenvalue weighted by atomic mass is 9.94. The molecule has 2 heterocycles. The highest BCUT2D eigenvalue weighted by atomic mass is 19.1. The van der Waals surface area contributed by atoms with Crippen LogP contribution in [0, 0.1) is 11.5 Å². The SMILES string of the molecule is CC1(C)CCC(N=C(NC#N)NC2=CCCC(F)=N2)CC(C)(C)N1O. The molecule has 2 aliphatic rings. The van der Waals surface area contributed by atoms with Crippen LogP contribution in [0.25, 0.3) is 0 Å². The summed E-state index contributed by atoms with van der Waals surface area (Å²) < 4.78 is 13.3. The molecule has 0 aromatic heterocycles. The molecule has 25 heavy (non-hydrogen) atoms. The Bertz CT molecular complexity index is 632. The Labute approximate surface area is 148 Å². The molecule has 1 unspecified atom stereocenters. The second-order valence-corrected chi connectivity index (χ2v) is 7.79. The van der Waals surface area contributed by atoms with Crippen LogP contribution in [0.3, 0.4) is 0 Å². The molecule has 0 radical (unpaired) electrons. The van der Waals surface area contributed by atoms with Crippen LogP contribution in [0.4, 0.5) is 4.39 Å². The van der Waals surface area contributed by atoms with Crippen molar-refractivity contribution in [1.29, 1.82) is 5.26 Å². The van der Waals surface area contributed by atoms with E-state index in [-0.39, 0.29) is 17.5 Å². The van der Waals surface area contributed by atoms with Gasteiger partial charge in [0.15, 0.2) is 12.2 Å². The molecular formula is C17H27FN6O. The zero-order chi connectivity index (χ0) is 18.7. The van der Waals surface area contributed by atoms with Crippen molar-refractivity contribution in [2.75, 3.05) is 0 Å². The van der Waals surface area contributed by atoms with E-state index in [1.807, 2.05) is 33.9 Å². The van der Waals surface area contributed by atoms with Gasteiger partial charge < -0.3 is 10.5 Å². The van der Waals surface area contributed by atoms with Crippen LogP contribution in [0.15, 0.2) is 21.9 Å². The molecule has 2 aliphatic heterocycles. The van der Waals surface area contributed by atoms with E-state index in [1.165, 1.54) is 5.06 Å². The number of nitrogens with zero attached hydrogens (tertiary/aromatic N) is 4. The summed E-state index contributed by atoms with van der Waals surface area (Å²) in [6, 6.07) is -0.0900. The van der Waals surface area contributed by atoms with E-state index in [0.29, 0.717) is 25.1 Å². The van der Waals surface area contributed by atoms with Crippen molar-refractivity contribution in [2.24, 2.45) is 9.98 Å². The third-order valence-electron chi connectivity index (χ3n) is 4.63. The van der Waals surface area contributed by atoms with Crippen molar-refractivity contribution in [3.63, 3.8) is 0 Å². The molecule has 0 spiro atoms. The van der Waals surface area contributed by atoms with Gasteiger partial charge in [-0.2, -0.15) is 14.7 Å². The van der Waals surface area contributed by atoms with Crippen molar-refractivity contribution < 1.29 is 9.60 Å². The number of nitriles is 1. The Kier molecular flexibility index (Phi) is 5.80. The lowest BCUT2D eigenvalue weighted by Crippen LogP contribution is -2.52. The number of hydroxylamine groups is 2. The van der Waals surface area contributed by atoms with Crippen LogP contribution < -0.4 is 10.6 Å². The Hall–Kier alpha value is -1.98. The van der Waals surface area contributed by atoms with Crippen LogP contribution in [-0.4, -0.2) is 39.3 Å². The zero-order valence-electron chi connectivity index (χ0n) is 15.3. The van der Waals surface area contributed by atoms with Crippen molar-refractivity contribution in [3.05, 3.63) is 11.9 Å². The average Bonchev–Trinajstić information content (AvgIpc) is 2.58. The minimum Gasteiger partial charge on any atom is -0.313 e. The quantitative estimate of drug-likeness (QED) is 0.308. The predicted molar refractivity (Wildman–Crippen MR) is 94.6 cm³/mol. The van der Waals surface area contributed by atoms with E-state index < -0.39 is 11.5 Å². The van der Waals surface area contributed by atoms with Gasteiger partial charge >= 0.3 is 0 Å². The number of hydrogen-bond donors (Lipinski definition) is 3. The molecule has 0 aromatic rings. The molecular weight excluding hydrogens is 323 g/mol. The fourth-order valence-electron chi connectivity index (χ4n) is 3.41. The number of guanidine groups is 1. The predicted octanol–water partition coefficient (Wildman–Crippen LogP) is 2.81. The molecule has 7 nitrogen and oxygen atoms in total. The summed E-state index contributed by atoms with van der Waals surface area (Å²) in [5.41, 5.74) is -0.816. The summed E-state index contributed by atoms with van der Waals surface area (Å²) in [5.74, 6) is 0.161. The summed E-state index contributed by atoms with van der Waals surface area (Å²) in [6.45, 7) is 7.93. The molecule has 1 atom stereocenters. The normalized spacial score (nSPS) is 26.8. The number of halogens is 1. The first-order chi connectivity index (χ1) is 11.6. The lowest BCUT2D eigenvalue weighted by Gasteiger charge is -2.42. The van der Waals surface area contributed by atoms with Crippen molar-refractivity contribution in [3.8, 4) is 6.19 Å². The molecule has 0 aromatic carbocycles. The van der Waals surface area contributed by atoms with Crippen LogP contribution >= 0.6 is 0 Å². The van der Waals surface area contributed by atoms with E-state index in [1.54, 1.807) is 6.08 Å². The monoisotopic (exact) mass is 350 g/mol. The van der Waals surface area contributed by atoms with Crippen LogP contribution in [0.1, 0.15) is 59.8 Å². The van der Waals surface area contributed by atoms with E-state index >= 15 is 0 Å². The third-order valence-corrected chi connectivity index (χ3v) is 4.63. The van der Waals surface area contributed by atoms with Gasteiger partial charge in [-0.1, -0.05) is 0 Å². The number of nitrogens with one attached hydrogen (secondary N) is 2. The van der Waals surface area contributed by atoms with Crippen molar-refractivity contribution >= 4 is 11.9 Å². The van der Waals surface area contributed by atoms with Crippen molar-refractivity contribution in [2.45, 2.75) is 76.9 Å². The van der Waals surface area contributed by atoms with Crippen LogP contribution in [0.2, 0.25) is 0 Å². The molecule has 3 N–H and O–H groups in total. The number of hydrogen-bond acceptors (Lipinski definition) is 5. The molecule has 138 valence electrons.